The molecule has 0 unspecified atom stereocenters. The lowest BCUT2D eigenvalue weighted by Crippen LogP contribution is -1.97. The van der Waals surface area contributed by atoms with Crippen molar-refractivity contribution in [1.29, 1.82) is 5.26 Å². The molecule has 4 nitrogen and oxygen atoms in total. The van der Waals surface area contributed by atoms with E-state index in [9.17, 15) is 0 Å². The number of nitriles is 1. The summed E-state index contributed by atoms with van der Waals surface area (Å²) in [5.74, 6) is 0.932. The number of rotatable bonds is 3. The van der Waals surface area contributed by atoms with E-state index >= 15 is 0 Å². The summed E-state index contributed by atoms with van der Waals surface area (Å²) in [6.45, 7) is 0. The highest BCUT2D eigenvalue weighted by molar-refractivity contribution is 9.10. The van der Waals surface area contributed by atoms with Gasteiger partial charge in [0.1, 0.15) is 4.60 Å². The summed E-state index contributed by atoms with van der Waals surface area (Å²) in [5, 5.41) is 8.56. The van der Waals surface area contributed by atoms with Crippen LogP contribution < -0.4 is 9.47 Å². The molecule has 14 heavy (non-hydrogen) atoms. The first kappa shape index (κ1) is 10.8. The van der Waals surface area contributed by atoms with Crippen molar-refractivity contribution in [1.82, 2.24) is 4.98 Å². The number of hydrogen-bond donors (Lipinski definition) is 0. The topological polar surface area (TPSA) is 55.1 Å². The van der Waals surface area contributed by atoms with Crippen molar-refractivity contribution in [2.45, 2.75) is 6.42 Å². The molecule has 5 heteroatoms. The Hall–Kier alpha value is -1.28. The van der Waals surface area contributed by atoms with Crippen LogP contribution in [0.4, 0.5) is 0 Å². The van der Waals surface area contributed by atoms with Crippen molar-refractivity contribution >= 4 is 15.9 Å². The molecule has 0 spiro atoms. The van der Waals surface area contributed by atoms with E-state index in [0.717, 1.165) is 5.56 Å². The molecule has 0 bridgehead atoms. The van der Waals surface area contributed by atoms with E-state index < -0.39 is 0 Å². The predicted molar refractivity (Wildman–Crippen MR) is 54.4 cm³/mol. The van der Waals surface area contributed by atoms with Crippen LogP contribution in [0, 0.1) is 11.3 Å². The second-order valence-electron chi connectivity index (χ2n) is 2.48. The quantitative estimate of drug-likeness (QED) is 0.776. The molecule has 0 aliphatic carbocycles. The summed E-state index contributed by atoms with van der Waals surface area (Å²) in [7, 11) is 3.05. The molecule has 0 saturated carbocycles. The van der Waals surface area contributed by atoms with E-state index in [2.05, 4.69) is 20.9 Å². The maximum Gasteiger partial charge on any atom is 0.257 e. The first-order valence-corrected chi connectivity index (χ1v) is 4.66. The molecule has 0 N–H and O–H groups in total. The van der Waals surface area contributed by atoms with Crippen LogP contribution >= 0.6 is 15.9 Å². The number of hydrogen-bond acceptors (Lipinski definition) is 4. The van der Waals surface area contributed by atoms with Crippen molar-refractivity contribution in [2.75, 3.05) is 14.2 Å². The second-order valence-corrected chi connectivity index (χ2v) is 3.24. The van der Waals surface area contributed by atoms with Gasteiger partial charge < -0.3 is 9.47 Å². The van der Waals surface area contributed by atoms with Crippen molar-refractivity contribution in [3.8, 4) is 17.7 Å². The van der Waals surface area contributed by atoms with Gasteiger partial charge in [-0.1, -0.05) is 0 Å². The predicted octanol–water partition coefficient (Wildman–Crippen LogP) is 1.93. The minimum atomic E-state index is 0.286. The fraction of sp³-hybridized carbons (Fsp3) is 0.333. The van der Waals surface area contributed by atoms with Crippen LogP contribution in [-0.4, -0.2) is 19.2 Å². The first-order valence-electron chi connectivity index (χ1n) is 3.87. The summed E-state index contributed by atoms with van der Waals surface area (Å²) in [6, 6.07) is 3.78. The average molecular weight is 257 g/mol. The van der Waals surface area contributed by atoms with E-state index in [4.69, 9.17) is 14.7 Å². The molecule has 0 atom stereocenters. The van der Waals surface area contributed by atoms with Gasteiger partial charge in [0.15, 0.2) is 5.75 Å². The molecule has 0 saturated heterocycles. The fourth-order valence-electron chi connectivity index (χ4n) is 0.997. The Morgan fingerprint density at radius 1 is 1.50 bits per heavy atom. The zero-order valence-corrected chi connectivity index (χ0v) is 9.46. The van der Waals surface area contributed by atoms with Crippen LogP contribution in [0.25, 0.3) is 0 Å². The number of methoxy groups -OCH3 is 2. The minimum absolute atomic E-state index is 0.286. The highest BCUT2D eigenvalue weighted by atomic mass is 79.9. The van der Waals surface area contributed by atoms with Crippen molar-refractivity contribution in [3.63, 3.8) is 0 Å². The van der Waals surface area contributed by atoms with Gasteiger partial charge in [0.05, 0.1) is 26.7 Å². The van der Waals surface area contributed by atoms with Crippen LogP contribution in [0.5, 0.6) is 11.6 Å². The van der Waals surface area contributed by atoms with Gasteiger partial charge in [-0.15, -0.1) is 0 Å². The Labute approximate surface area is 90.6 Å². The minimum Gasteiger partial charge on any atom is -0.491 e. The van der Waals surface area contributed by atoms with Gasteiger partial charge in [0.25, 0.3) is 5.88 Å². The Balaban J connectivity index is 3.17. The maximum absolute atomic E-state index is 8.56. The Morgan fingerprint density at radius 2 is 2.21 bits per heavy atom. The van der Waals surface area contributed by atoms with E-state index in [1.54, 1.807) is 6.07 Å². The molecule has 74 valence electrons. The van der Waals surface area contributed by atoms with E-state index in [1.165, 1.54) is 14.2 Å². The van der Waals surface area contributed by atoms with Gasteiger partial charge in [-0.3, -0.25) is 0 Å². The molecular formula is C9H9BrN2O2. The normalized spacial score (nSPS) is 9.29. The fourth-order valence-corrected chi connectivity index (χ4v) is 1.41. The molecule has 1 aromatic rings. The standard InChI is InChI=1S/C9H9BrN2O2/c1-13-7-5-6(3-4-11)8(10)12-9(7)14-2/h5H,3H2,1-2H3. The summed E-state index contributed by atoms with van der Waals surface area (Å²) < 4.78 is 10.7. The SMILES string of the molecule is COc1cc(CC#N)c(Br)nc1OC. The lowest BCUT2D eigenvalue weighted by Gasteiger charge is -2.08. The molecular weight excluding hydrogens is 248 g/mol. The van der Waals surface area contributed by atoms with Gasteiger partial charge in [-0.25, -0.2) is 4.98 Å². The van der Waals surface area contributed by atoms with Crippen molar-refractivity contribution in [2.24, 2.45) is 0 Å². The van der Waals surface area contributed by atoms with Crippen LogP contribution in [0.15, 0.2) is 10.7 Å². The Kier molecular flexibility index (Phi) is 3.72. The van der Waals surface area contributed by atoms with E-state index in [-0.39, 0.29) is 6.42 Å². The van der Waals surface area contributed by atoms with Crippen LogP contribution in [-0.2, 0) is 6.42 Å². The molecule has 1 aromatic heterocycles. The molecule has 0 fully saturated rings. The lowest BCUT2D eigenvalue weighted by molar-refractivity contribution is 0.342. The highest BCUT2D eigenvalue weighted by Gasteiger charge is 2.10. The number of nitrogens with zero attached hydrogens (tertiary/aromatic N) is 2. The van der Waals surface area contributed by atoms with Crippen molar-refractivity contribution in [3.05, 3.63) is 16.2 Å². The second kappa shape index (κ2) is 4.82. The number of ether oxygens (including phenoxy) is 2. The third-order valence-corrected chi connectivity index (χ3v) is 2.35. The third-order valence-electron chi connectivity index (χ3n) is 1.66. The smallest absolute Gasteiger partial charge is 0.257 e. The Bertz CT molecular complexity index is 374. The first-order chi connectivity index (χ1) is 6.72. The van der Waals surface area contributed by atoms with Gasteiger partial charge in [0.2, 0.25) is 0 Å². The molecule has 0 aliphatic heterocycles. The van der Waals surface area contributed by atoms with E-state index in [0.29, 0.717) is 16.2 Å². The van der Waals surface area contributed by atoms with Crippen LogP contribution in [0.1, 0.15) is 5.56 Å². The monoisotopic (exact) mass is 256 g/mol. The molecule has 0 radical (unpaired) electrons. The van der Waals surface area contributed by atoms with Gasteiger partial charge in [-0.05, 0) is 22.0 Å². The number of aromatic nitrogens is 1. The third kappa shape index (κ3) is 2.15. The summed E-state index contributed by atoms with van der Waals surface area (Å²) in [5.41, 5.74) is 0.783. The Morgan fingerprint density at radius 3 is 2.71 bits per heavy atom. The largest absolute Gasteiger partial charge is 0.491 e. The lowest BCUT2D eigenvalue weighted by atomic mass is 10.2. The van der Waals surface area contributed by atoms with Crippen LogP contribution in [0.2, 0.25) is 0 Å². The molecule has 1 rings (SSSR count). The van der Waals surface area contributed by atoms with E-state index in [1.807, 2.05) is 6.07 Å². The average Bonchev–Trinajstić information content (AvgIpc) is 2.20. The number of halogens is 1. The zero-order valence-electron chi connectivity index (χ0n) is 7.87. The molecule has 0 aliphatic rings. The van der Waals surface area contributed by atoms with Gasteiger partial charge in [0, 0.05) is 5.56 Å². The summed E-state index contributed by atoms with van der Waals surface area (Å²) >= 11 is 3.25. The van der Waals surface area contributed by atoms with Gasteiger partial charge >= 0.3 is 0 Å². The maximum atomic E-state index is 8.56. The highest BCUT2D eigenvalue weighted by Crippen LogP contribution is 2.29. The molecule has 0 amide bonds. The molecule has 1 heterocycles. The zero-order chi connectivity index (χ0) is 10.6. The van der Waals surface area contributed by atoms with Gasteiger partial charge in [-0.2, -0.15) is 5.26 Å². The van der Waals surface area contributed by atoms with Crippen LogP contribution in [0.3, 0.4) is 0 Å². The summed E-state index contributed by atoms with van der Waals surface area (Å²) in [4.78, 5) is 4.10. The summed E-state index contributed by atoms with van der Waals surface area (Å²) in [6.07, 6.45) is 0.286. The molecule has 0 aromatic carbocycles. The number of pyridine rings is 1. The van der Waals surface area contributed by atoms with Crippen molar-refractivity contribution < 1.29 is 9.47 Å².